The number of rotatable bonds is 4. The van der Waals surface area contributed by atoms with Crippen LogP contribution >= 0.6 is 0 Å². The molecule has 3 N–H and O–H groups in total. The number of fused-ring (bicyclic) bond motifs is 2. The zero-order valence-corrected chi connectivity index (χ0v) is 16.9. The van der Waals surface area contributed by atoms with E-state index in [9.17, 15) is 14.4 Å². The van der Waals surface area contributed by atoms with Crippen LogP contribution in [0.2, 0.25) is 0 Å². The highest BCUT2D eigenvalue weighted by Gasteiger charge is 2.61. The molecule has 158 valence electrons. The van der Waals surface area contributed by atoms with Crippen molar-refractivity contribution in [1.29, 1.82) is 0 Å². The lowest BCUT2D eigenvalue weighted by Gasteiger charge is -2.35. The predicted molar refractivity (Wildman–Crippen MR) is 109 cm³/mol. The number of esters is 2. The first kappa shape index (κ1) is 20.2. The molecule has 2 aliphatic heterocycles. The van der Waals surface area contributed by atoms with Crippen molar-refractivity contribution in [1.82, 2.24) is 5.32 Å². The van der Waals surface area contributed by atoms with Gasteiger partial charge in [0.25, 0.3) is 0 Å². The summed E-state index contributed by atoms with van der Waals surface area (Å²) in [5.74, 6) is -2.32. The summed E-state index contributed by atoms with van der Waals surface area (Å²) < 4.78 is 16.0. The molecule has 8 nitrogen and oxygen atoms in total. The Balaban J connectivity index is 1.87. The van der Waals surface area contributed by atoms with Crippen LogP contribution in [-0.4, -0.2) is 25.0 Å². The predicted octanol–water partition coefficient (Wildman–Crippen LogP) is 1.81. The van der Waals surface area contributed by atoms with E-state index in [1.807, 2.05) is 30.3 Å². The summed E-state index contributed by atoms with van der Waals surface area (Å²) in [5, 5.41) is 2.66. The number of allylic oxidation sites excluding steroid dienone is 1. The van der Waals surface area contributed by atoms with Crippen LogP contribution in [0.5, 0.6) is 5.75 Å². The SMILES string of the molecule is COC(=O)C1=C(N)Oc2ccccc2[C@]12C(=O)NC(C)=C2C(=O)OCc1ccccc1. The van der Waals surface area contributed by atoms with Crippen LogP contribution in [0.1, 0.15) is 18.1 Å². The molecule has 0 saturated heterocycles. The number of methoxy groups -OCH3 is 1. The molecular weight excluding hydrogens is 400 g/mol. The van der Waals surface area contributed by atoms with E-state index in [-0.39, 0.29) is 35.1 Å². The maximum Gasteiger partial charge on any atom is 0.340 e. The number of carbonyl (C=O) groups is 3. The fourth-order valence-corrected chi connectivity index (χ4v) is 4.03. The van der Waals surface area contributed by atoms with Gasteiger partial charge in [0.05, 0.1) is 12.7 Å². The third-order valence-electron chi connectivity index (χ3n) is 5.33. The Kier molecular flexibility index (Phi) is 4.98. The molecule has 2 aromatic rings. The molecule has 0 aliphatic carbocycles. The number of hydrogen-bond acceptors (Lipinski definition) is 7. The summed E-state index contributed by atoms with van der Waals surface area (Å²) in [5.41, 5.74) is 5.23. The lowest BCUT2D eigenvalue weighted by molar-refractivity contribution is -0.142. The van der Waals surface area contributed by atoms with E-state index in [1.165, 1.54) is 0 Å². The molecule has 0 unspecified atom stereocenters. The van der Waals surface area contributed by atoms with Crippen molar-refractivity contribution < 1.29 is 28.6 Å². The number of carbonyl (C=O) groups excluding carboxylic acids is 3. The second-order valence-electron chi connectivity index (χ2n) is 7.09. The van der Waals surface area contributed by atoms with E-state index < -0.39 is 23.3 Å². The average Bonchev–Trinajstić information content (AvgIpc) is 3.02. The lowest BCUT2D eigenvalue weighted by atomic mass is 9.67. The van der Waals surface area contributed by atoms with Crippen molar-refractivity contribution in [2.45, 2.75) is 18.9 Å². The number of amides is 1. The molecule has 8 heteroatoms. The zero-order valence-electron chi connectivity index (χ0n) is 16.9. The van der Waals surface area contributed by atoms with E-state index in [0.717, 1.165) is 12.7 Å². The number of para-hydroxylation sites is 1. The highest BCUT2D eigenvalue weighted by molar-refractivity contribution is 6.17. The Morgan fingerprint density at radius 1 is 1.03 bits per heavy atom. The van der Waals surface area contributed by atoms with Gasteiger partial charge in [-0.2, -0.15) is 0 Å². The first-order valence-electron chi connectivity index (χ1n) is 9.51. The number of nitrogens with two attached hydrogens (primary N) is 1. The van der Waals surface area contributed by atoms with Crippen molar-refractivity contribution >= 4 is 17.8 Å². The van der Waals surface area contributed by atoms with E-state index in [0.29, 0.717) is 5.56 Å². The lowest BCUT2D eigenvalue weighted by Crippen LogP contribution is -2.48. The molecule has 0 bridgehead atoms. The van der Waals surface area contributed by atoms with Crippen LogP contribution in [0.4, 0.5) is 0 Å². The summed E-state index contributed by atoms with van der Waals surface area (Å²) in [6.45, 7) is 1.56. The molecule has 0 saturated carbocycles. The fraction of sp³-hybridized carbons (Fsp3) is 0.174. The van der Waals surface area contributed by atoms with E-state index in [4.69, 9.17) is 19.9 Å². The first-order valence-corrected chi connectivity index (χ1v) is 9.51. The summed E-state index contributed by atoms with van der Waals surface area (Å²) in [6.07, 6.45) is 0. The van der Waals surface area contributed by atoms with Gasteiger partial charge in [0, 0.05) is 11.3 Å². The molecule has 2 aliphatic rings. The number of nitrogens with one attached hydrogen (secondary N) is 1. The van der Waals surface area contributed by atoms with Crippen molar-refractivity contribution in [3.8, 4) is 5.75 Å². The molecular formula is C23H20N2O6. The van der Waals surface area contributed by atoms with Crippen LogP contribution in [0, 0.1) is 0 Å². The Bertz CT molecular complexity index is 1150. The molecule has 0 fully saturated rings. The third-order valence-corrected chi connectivity index (χ3v) is 5.33. The highest BCUT2D eigenvalue weighted by Crippen LogP contribution is 2.51. The first-order chi connectivity index (χ1) is 14.9. The number of benzene rings is 2. The summed E-state index contributed by atoms with van der Waals surface area (Å²) in [4.78, 5) is 39.4. The monoisotopic (exact) mass is 420 g/mol. The Morgan fingerprint density at radius 3 is 2.42 bits per heavy atom. The minimum Gasteiger partial charge on any atom is -0.465 e. The molecule has 2 heterocycles. The maximum absolute atomic E-state index is 13.4. The largest absolute Gasteiger partial charge is 0.465 e. The van der Waals surface area contributed by atoms with E-state index in [2.05, 4.69) is 5.32 Å². The standard InChI is InChI=1S/C23H20N2O6/c1-13-17(21(27)30-12-14-8-4-3-5-9-14)23(22(28)25-13)15-10-6-7-11-16(15)31-19(24)18(23)20(26)29-2/h3-11H,12,24H2,1-2H3,(H,25,28)/t23-/m1/s1. The van der Waals surface area contributed by atoms with Gasteiger partial charge in [0.15, 0.2) is 0 Å². The average molecular weight is 420 g/mol. The molecule has 0 radical (unpaired) electrons. The second kappa shape index (κ2) is 7.64. The van der Waals surface area contributed by atoms with Gasteiger partial charge in [0.2, 0.25) is 11.8 Å². The zero-order chi connectivity index (χ0) is 22.2. The highest BCUT2D eigenvalue weighted by atomic mass is 16.5. The van der Waals surface area contributed by atoms with Crippen molar-refractivity contribution in [3.05, 3.63) is 88.5 Å². The third kappa shape index (κ3) is 3.04. The smallest absolute Gasteiger partial charge is 0.340 e. The number of ether oxygens (including phenoxy) is 3. The van der Waals surface area contributed by atoms with Gasteiger partial charge < -0.3 is 25.3 Å². The van der Waals surface area contributed by atoms with Gasteiger partial charge in [-0.05, 0) is 18.6 Å². The summed E-state index contributed by atoms with van der Waals surface area (Å²) in [7, 11) is 1.16. The topological polar surface area (TPSA) is 117 Å². The molecule has 2 aromatic carbocycles. The molecule has 1 spiro atoms. The molecule has 4 rings (SSSR count). The number of hydrogen-bond donors (Lipinski definition) is 2. The van der Waals surface area contributed by atoms with Gasteiger partial charge in [-0.1, -0.05) is 48.5 Å². The summed E-state index contributed by atoms with van der Waals surface area (Å²) in [6, 6.07) is 15.7. The van der Waals surface area contributed by atoms with E-state index >= 15 is 0 Å². The van der Waals surface area contributed by atoms with Gasteiger partial charge in [-0.25, -0.2) is 9.59 Å². The minimum absolute atomic E-state index is 0.00831. The van der Waals surface area contributed by atoms with Crippen molar-refractivity contribution in [2.75, 3.05) is 7.11 Å². The molecule has 1 atom stereocenters. The van der Waals surface area contributed by atoms with E-state index in [1.54, 1.807) is 31.2 Å². The van der Waals surface area contributed by atoms with Gasteiger partial charge >= 0.3 is 11.9 Å². The fourth-order valence-electron chi connectivity index (χ4n) is 4.03. The normalized spacial score (nSPS) is 19.6. The molecule has 31 heavy (non-hydrogen) atoms. The quantitative estimate of drug-likeness (QED) is 0.725. The second-order valence-corrected chi connectivity index (χ2v) is 7.09. The Hall–Kier alpha value is -4.07. The minimum atomic E-state index is -1.86. The molecule has 0 aromatic heterocycles. The van der Waals surface area contributed by atoms with Crippen molar-refractivity contribution in [2.24, 2.45) is 5.73 Å². The Labute approximate surface area is 178 Å². The van der Waals surface area contributed by atoms with Crippen LogP contribution in [0.15, 0.2) is 77.3 Å². The van der Waals surface area contributed by atoms with Crippen LogP contribution < -0.4 is 15.8 Å². The van der Waals surface area contributed by atoms with Crippen molar-refractivity contribution in [3.63, 3.8) is 0 Å². The molecule has 1 amide bonds. The maximum atomic E-state index is 13.4. The summed E-state index contributed by atoms with van der Waals surface area (Å²) >= 11 is 0. The van der Waals surface area contributed by atoms with Crippen LogP contribution in [-0.2, 0) is 35.9 Å². The van der Waals surface area contributed by atoms with Gasteiger partial charge in [0.1, 0.15) is 23.3 Å². The van der Waals surface area contributed by atoms with Crippen LogP contribution in [0.25, 0.3) is 0 Å². The Morgan fingerprint density at radius 2 is 1.71 bits per heavy atom. The van der Waals surface area contributed by atoms with Gasteiger partial charge in [-0.3, -0.25) is 4.79 Å². The van der Waals surface area contributed by atoms with Crippen LogP contribution in [0.3, 0.4) is 0 Å². The van der Waals surface area contributed by atoms with Gasteiger partial charge in [-0.15, -0.1) is 0 Å².